The van der Waals surface area contributed by atoms with Crippen LogP contribution in [0, 0.1) is 0 Å². The molecule has 0 amide bonds. The van der Waals surface area contributed by atoms with Crippen molar-refractivity contribution in [2.24, 2.45) is 0 Å². The molecule has 0 saturated carbocycles. The van der Waals surface area contributed by atoms with Gasteiger partial charge in [0.15, 0.2) is 0 Å². The van der Waals surface area contributed by atoms with Crippen LogP contribution in [-0.4, -0.2) is 34.1 Å². The number of ether oxygens (including phenoxy) is 2. The summed E-state index contributed by atoms with van der Waals surface area (Å²) in [6.07, 6.45) is 5.26. The number of aromatic hydroxyl groups is 1. The van der Waals surface area contributed by atoms with Gasteiger partial charge in [0.1, 0.15) is 23.2 Å². The summed E-state index contributed by atoms with van der Waals surface area (Å²) < 4.78 is 12.4. The van der Waals surface area contributed by atoms with E-state index in [1.54, 1.807) is 0 Å². The van der Waals surface area contributed by atoms with Crippen LogP contribution in [0.1, 0.15) is 77.8 Å². The van der Waals surface area contributed by atoms with Crippen molar-refractivity contribution in [3.05, 3.63) is 28.8 Å². The van der Waals surface area contributed by atoms with Crippen molar-refractivity contribution in [1.82, 2.24) is 0 Å². The molecule has 2 atom stereocenters. The molecule has 0 bridgehead atoms. The van der Waals surface area contributed by atoms with Crippen LogP contribution in [0.3, 0.4) is 0 Å². The second-order valence-corrected chi connectivity index (χ2v) is 8.64. The first-order valence-corrected chi connectivity index (χ1v) is 10.3. The van der Waals surface area contributed by atoms with Crippen molar-refractivity contribution in [1.29, 1.82) is 0 Å². The lowest BCUT2D eigenvalue weighted by molar-refractivity contribution is -0.0786. The summed E-state index contributed by atoms with van der Waals surface area (Å²) in [6, 6.07) is 3.91. The van der Waals surface area contributed by atoms with E-state index in [1.165, 1.54) is 12.8 Å². The minimum absolute atomic E-state index is 0.226. The van der Waals surface area contributed by atoms with Gasteiger partial charge in [-0.2, -0.15) is 0 Å². The van der Waals surface area contributed by atoms with E-state index in [1.807, 2.05) is 19.9 Å². The van der Waals surface area contributed by atoms with E-state index in [2.05, 4.69) is 26.8 Å². The average Bonchev–Trinajstić information content (AvgIpc) is 2.56. The van der Waals surface area contributed by atoms with Gasteiger partial charge in [0, 0.05) is 12.2 Å². The molecule has 1 aliphatic heterocycles. The van der Waals surface area contributed by atoms with E-state index in [4.69, 9.17) is 9.47 Å². The largest absolute Gasteiger partial charge is 0.507 e. The quantitative estimate of drug-likeness (QED) is 0.688. The van der Waals surface area contributed by atoms with Crippen LogP contribution in [0.25, 0.3) is 5.57 Å². The first kappa shape index (κ1) is 20.2. The number of benzene rings is 1. The first-order chi connectivity index (χ1) is 12.7. The Hall–Kier alpha value is -1.52. The van der Waals surface area contributed by atoms with Gasteiger partial charge in [-0.1, -0.05) is 19.8 Å². The van der Waals surface area contributed by atoms with E-state index in [-0.39, 0.29) is 5.75 Å². The molecular weight excluding hydrogens is 340 g/mol. The highest BCUT2D eigenvalue weighted by atomic mass is 16.5. The molecule has 0 fully saturated rings. The van der Waals surface area contributed by atoms with Gasteiger partial charge in [-0.25, -0.2) is 0 Å². The minimum atomic E-state index is -0.966. The zero-order chi connectivity index (χ0) is 19.8. The van der Waals surface area contributed by atoms with Gasteiger partial charge < -0.3 is 19.7 Å². The number of unbranched alkanes of at least 4 members (excludes halogenated alkanes) is 2. The number of hydrogen-bond acceptors (Lipinski definition) is 4. The fourth-order valence-corrected chi connectivity index (χ4v) is 4.52. The Morgan fingerprint density at radius 1 is 1.19 bits per heavy atom. The molecule has 1 heterocycles. The van der Waals surface area contributed by atoms with Gasteiger partial charge in [0.05, 0.1) is 11.2 Å². The molecule has 0 spiro atoms. The maximum absolute atomic E-state index is 11.0. The van der Waals surface area contributed by atoms with Crippen LogP contribution in [0.4, 0.5) is 0 Å². The Morgan fingerprint density at radius 2 is 1.93 bits per heavy atom. The molecule has 2 unspecified atom stereocenters. The Labute approximate surface area is 163 Å². The van der Waals surface area contributed by atoms with Gasteiger partial charge in [-0.15, -0.1) is 0 Å². The highest BCUT2D eigenvalue weighted by Gasteiger charge is 2.48. The van der Waals surface area contributed by atoms with E-state index in [9.17, 15) is 10.2 Å². The summed E-state index contributed by atoms with van der Waals surface area (Å²) in [5, 5.41) is 21.9. The lowest BCUT2D eigenvalue weighted by atomic mass is 9.70. The standard InChI is InChI=1S/C23H34O4/c1-6-8-9-10-15-13-17(24)20-18(14-15)27-22(3,4)16-11-12-23(5,25)21(19(16)20)26-7-2/h13-14,21,24-25H,6-12H2,1-5H3. The van der Waals surface area contributed by atoms with E-state index in [0.717, 1.165) is 36.0 Å². The molecule has 1 aromatic rings. The molecule has 2 aliphatic rings. The van der Waals surface area contributed by atoms with E-state index in [0.29, 0.717) is 24.3 Å². The van der Waals surface area contributed by atoms with Crippen molar-refractivity contribution < 1.29 is 19.7 Å². The van der Waals surface area contributed by atoms with Crippen LogP contribution in [0.5, 0.6) is 11.5 Å². The molecule has 4 heteroatoms. The predicted molar refractivity (Wildman–Crippen MR) is 108 cm³/mol. The summed E-state index contributed by atoms with van der Waals surface area (Å²) >= 11 is 0. The molecule has 1 aliphatic carbocycles. The van der Waals surface area contributed by atoms with Gasteiger partial charge in [-0.05, 0) is 76.6 Å². The summed E-state index contributed by atoms with van der Waals surface area (Å²) in [7, 11) is 0. The topological polar surface area (TPSA) is 58.9 Å². The molecule has 27 heavy (non-hydrogen) atoms. The Balaban J connectivity index is 2.11. The van der Waals surface area contributed by atoms with Crippen LogP contribution < -0.4 is 4.74 Å². The van der Waals surface area contributed by atoms with E-state index < -0.39 is 17.3 Å². The Bertz CT molecular complexity index is 730. The molecule has 0 saturated heterocycles. The lowest BCUT2D eigenvalue weighted by Crippen LogP contribution is -2.49. The smallest absolute Gasteiger partial charge is 0.132 e. The first-order valence-electron chi connectivity index (χ1n) is 10.3. The summed E-state index contributed by atoms with van der Waals surface area (Å²) in [5.74, 6) is 0.928. The molecule has 0 aromatic heterocycles. The predicted octanol–water partition coefficient (Wildman–Crippen LogP) is 5.00. The number of aryl methyl sites for hydroxylation is 1. The number of phenolic OH excluding ortho intramolecular Hbond substituents is 1. The number of phenols is 1. The van der Waals surface area contributed by atoms with Crippen LogP contribution in [-0.2, 0) is 11.2 Å². The third kappa shape index (κ3) is 3.74. The fraction of sp³-hybridized carbons (Fsp3) is 0.652. The van der Waals surface area contributed by atoms with Crippen molar-refractivity contribution in [3.8, 4) is 11.5 Å². The summed E-state index contributed by atoms with van der Waals surface area (Å²) in [6.45, 7) is 10.6. The second kappa shape index (κ2) is 7.48. The SMILES string of the molecule is CCCCCc1cc(O)c2c(c1)OC(C)(C)C1=C2C(OCC)C(C)(O)CC1. The van der Waals surface area contributed by atoms with Gasteiger partial charge >= 0.3 is 0 Å². The highest BCUT2D eigenvalue weighted by molar-refractivity contribution is 5.84. The third-order valence-corrected chi connectivity index (χ3v) is 5.94. The molecule has 1 aromatic carbocycles. The maximum Gasteiger partial charge on any atom is 0.132 e. The molecular formula is C23H34O4. The fourth-order valence-electron chi connectivity index (χ4n) is 4.52. The Morgan fingerprint density at radius 3 is 2.59 bits per heavy atom. The molecule has 2 N–H and O–H groups in total. The summed E-state index contributed by atoms with van der Waals surface area (Å²) in [4.78, 5) is 0. The monoisotopic (exact) mass is 374 g/mol. The molecule has 4 nitrogen and oxygen atoms in total. The Kier molecular flexibility index (Phi) is 5.60. The van der Waals surface area contributed by atoms with Gasteiger partial charge in [-0.3, -0.25) is 0 Å². The number of fused-ring (bicyclic) bond motifs is 2. The zero-order valence-electron chi connectivity index (χ0n) is 17.4. The number of aliphatic hydroxyl groups is 1. The summed E-state index contributed by atoms with van der Waals surface area (Å²) in [5.41, 5.74) is 2.37. The van der Waals surface area contributed by atoms with Crippen LogP contribution in [0.15, 0.2) is 17.7 Å². The number of rotatable bonds is 6. The average molecular weight is 375 g/mol. The van der Waals surface area contributed by atoms with Crippen LogP contribution in [0.2, 0.25) is 0 Å². The lowest BCUT2D eigenvalue weighted by Gasteiger charge is -2.47. The normalized spacial score (nSPS) is 26.4. The van der Waals surface area contributed by atoms with Crippen molar-refractivity contribution in [2.75, 3.05) is 6.61 Å². The van der Waals surface area contributed by atoms with Crippen molar-refractivity contribution in [3.63, 3.8) is 0 Å². The third-order valence-electron chi connectivity index (χ3n) is 5.94. The minimum Gasteiger partial charge on any atom is -0.507 e. The van der Waals surface area contributed by atoms with E-state index >= 15 is 0 Å². The van der Waals surface area contributed by atoms with Crippen molar-refractivity contribution >= 4 is 5.57 Å². The molecule has 150 valence electrons. The molecule has 0 radical (unpaired) electrons. The molecule has 3 rings (SSSR count). The number of hydrogen-bond donors (Lipinski definition) is 2. The maximum atomic E-state index is 11.0. The zero-order valence-corrected chi connectivity index (χ0v) is 17.4. The van der Waals surface area contributed by atoms with Gasteiger partial charge in [0.25, 0.3) is 0 Å². The highest BCUT2D eigenvalue weighted by Crippen LogP contribution is 2.53. The van der Waals surface area contributed by atoms with Crippen molar-refractivity contribution in [2.45, 2.75) is 90.4 Å². The van der Waals surface area contributed by atoms with Crippen LogP contribution >= 0.6 is 0 Å². The van der Waals surface area contributed by atoms with Gasteiger partial charge in [0.2, 0.25) is 0 Å². The second-order valence-electron chi connectivity index (χ2n) is 8.64.